The number of ether oxygens (including phenoxy) is 1. The smallest absolute Gasteiger partial charge is 0.342 e. The van der Waals surface area contributed by atoms with Crippen LogP contribution in [0.15, 0.2) is 34.7 Å². The summed E-state index contributed by atoms with van der Waals surface area (Å²) in [4.78, 5) is 12.2. The summed E-state index contributed by atoms with van der Waals surface area (Å²) in [6, 6.07) is 9.74. The minimum Gasteiger partial charge on any atom is -0.463 e. The van der Waals surface area contributed by atoms with Gasteiger partial charge in [0.15, 0.2) is 0 Å². The van der Waals surface area contributed by atoms with Gasteiger partial charge in [0.25, 0.3) is 0 Å². The lowest BCUT2D eigenvalue weighted by Crippen LogP contribution is -2.34. The average molecular weight is 361 g/mol. The van der Waals surface area contributed by atoms with E-state index in [1.165, 1.54) is 13.0 Å². The summed E-state index contributed by atoms with van der Waals surface area (Å²) in [6.07, 6.45) is -4.84. The fraction of sp³-hybridized carbons (Fsp3) is 0.333. The molecule has 0 aliphatic rings. The predicted octanol–water partition coefficient (Wildman–Crippen LogP) is 0.564. The van der Waals surface area contributed by atoms with Gasteiger partial charge in [0, 0.05) is 0 Å². The van der Waals surface area contributed by atoms with Crippen molar-refractivity contribution in [2.45, 2.75) is 31.8 Å². The molecule has 0 fully saturated rings. The van der Waals surface area contributed by atoms with Gasteiger partial charge in [0.05, 0.1) is 18.2 Å². The molecule has 3 atom stereocenters. The van der Waals surface area contributed by atoms with Crippen molar-refractivity contribution in [1.82, 2.24) is 0 Å². The number of benzene rings is 1. The molecule has 138 valence electrons. The van der Waals surface area contributed by atoms with Crippen molar-refractivity contribution >= 4 is 5.97 Å². The average Bonchev–Trinajstić information content (AvgIpc) is 3.06. The Morgan fingerprint density at radius 2 is 1.92 bits per heavy atom. The molecule has 1 aromatic carbocycles. The number of aliphatic hydroxyl groups excluding tert-OH is 4. The number of esters is 1. The Hall–Kier alpha value is -2.70. The number of nitrogens with zero attached hydrogens (tertiary/aromatic N) is 1. The lowest BCUT2D eigenvalue weighted by atomic mass is 10.1. The summed E-state index contributed by atoms with van der Waals surface area (Å²) in [5.41, 5.74) is 1.26. The number of carbonyl (C=O) groups excluding carboxylic acids is 1. The van der Waals surface area contributed by atoms with E-state index in [-0.39, 0.29) is 23.7 Å². The maximum atomic E-state index is 12.2. The summed E-state index contributed by atoms with van der Waals surface area (Å²) >= 11 is 0. The molecule has 8 nitrogen and oxygen atoms in total. The molecule has 0 aliphatic carbocycles. The van der Waals surface area contributed by atoms with Crippen LogP contribution in [0.3, 0.4) is 0 Å². The van der Waals surface area contributed by atoms with Gasteiger partial charge in [-0.15, -0.1) is 0 Å². The van der Waals surface area contributed by atoms with Crippen LogP contribution >= 0.6 is 0 Å². The fourth-order valence-corrected chi connectivity index (χ4v) is 2.24. The Bertz CT molecular complexity index is 791. The standard InChI is InChI=1S/C18H19NO7/c1-10-13(6-15(26-10)17(23)16(22)14(21)8-20)18(24)25-9-12-4-2-11(7-19)3-5-12/h2-6,14,16-17,20-23H,8-9H2,1H3/t14-,16+,17+/m1/s1. The van der Waals surface area contributed by atoms with E-state index in [2.05, 4.69) is 0 Å². The Kier molecular flexibility index (Phi) is 6.49. The number of furan rings is 1. The van der Waals surface area contributed by atoms with Crippen molar-refractivity contribution in [2.24, 2.45) is 0 Å². The monoisotopic (exact) mass is 361 g/mol. The second-order valence-corrected chi connectivity index (χ2v) is 5.69. The first kappa shape index (κ1) is 19.6. The van der Waals surface area contributed by atoms with E-state index in [9.17, 15) is 20.1 Å². The molecular weight excluding hydrogens is 342 g/mol. The Morgan fingerprint density at radius 1 is 1.27 bits per heavy atom. The Balaban J connectivity index is 2.05. The van der Waals surface area contributed by atoms with Crippen LogP contribution in [0, 0.1) is 18.3 Å². The molecule has 0 radical (unpaired) electrons. The minimum atomic E-state index is -1.67. The van der Waals surface area contributed by atoms with E-state index >= 15 is 0 Å². The number of hydrogen-bond donors (Lipinski definition) is 4. The molecule has 1 heterocycles. The van der Waals surface area contributed by atoms with Gasteiger partial charge in [-0.1, -0.05) is 12.1 Å². The van der Waals surface area contributed by atoms with E-state index in [0.717, 1.165) is 0 Å². The van der Waals surface area contributed by atoms with Crippen LogP contribution in [0.25, 0.3) is 0 Å². The van der Waals surface area contributed by atoms with Crippen molar-refractivity contribution in [2.75, 3.05) is 6.61 Å². The zero-order chi connectivity index (χ0) is 19.3. The number of rotatable bonds is 7. The molecule has 2 aromatic rings. The maximum Gasteiger partial charge on any atom is 0.342 e. The highest BCUT2D eigenvalue weighted by Crippen LogP contribution is 2.25. The van der Waals surface area contributed by atoms with Gasteiger partial charge in [-0.05, 0) is 30.7 Å². The van der Waals surface area contributed by atoms with Crippen molar-refractivity contribution in [3.05, 3.63) is 58.5 Å². The van der Waals surface area contributed by atoms with Gasteiger partial charge in [-0.25, -0.2) is 4.79 Å². The van der Waals surface area contributed by atoms with E-state index in [1.807, 2.05) is 6.07 Å². The lowest BCUT2D eigenvalue weighted by Gasteiger charge is -2.19. The molecule has 0 saturated heterocycles. The molecule has 1 aromatic heterocycles. The van der Waals surface area contributed by atoms with Gasteiger partial charge in [0.2, 0.25) is 0 Å². The summed E-state index contributed by atoms with van der Waals surface area (Å²) in [6.45, 7) is 0.736. The summed E-state index contributed by atoms with van der Waals surface area (Å²) in [5.74, 6) is -0.645. The topological polar surface area (TPSA) is 144 Å². The van der Waals surface area contributed by atoms with Crippen LogP contribution in [0.1, 0.15) is 39.1 Å². The van der Waals surface area contributed by atoms with Gasteiger partial charge in [0.1, 0.15) is 42.0 Å². The second-order valence-electron chi connectivity index (χ2n) is 5.69. The van der Waals surface area contributed by atoms with Crippen molar-refractivity contribution in [3.63, 3.8) is 0 Å². The minimum absolute atomic E-state index is 0.0150. The summed E-state index contributed by atoms with van der Waals surface area (Å²) in [7, 11) is 0. The van der Waals surface area contributed by atoms with E-state index in [1.54, 1.807) is 24.3 Å². The first-order valence-electron chi connectivity index (χ1n) is 7.79. The van der Waals surface area contributed by atoms with Gasteiger partial charge >= 0.3 is 5.97 Å². The highest BCUT2D eigenvalue weighted by atomic mass is 16.5. The number of hydrogen-bond acceptors (Lipinski definition) is 8. The molecular formula is C18H19NO7. The zero-order valence-corrected chi connectivity index (χ0v) is 14.0. The number of nitriles is 1. The SMILES string of the molecule is Cc1oc([C@H](O)[C@@H](O)[C@H](O)CO)cc1C(=O)OCc1ccc(C#N)cc1. The van der Waals surface area contributed by atoms with Gasteiger partial charge < -0.3 is 29.6 Å². The third-order valence-corrected chi connectivity index (χ3v) is 3.81. The maximum absolute atomic E-state index is 12.2. The highest BCUT2D eigenvalue weighted by molar-refractivity contribution is 5.90. The molecule has 2 rings (SSSR count). The van der Waals surface area contributed by atoms with Crippen molar-refractivity contribution in [1.29, 1.82) is 5.26 Å². The Labute approximate surface area is 149 Å². The van der Waals surface area contributed by atoms with Gasteiger partial charge in [-0.3, -0.25) is 0 Å². The first-order chi connectivity index (χ1) is 12.4. The van der Waals surface area contributed by atoms with Crippen molar-refractivity contribution < 1.29 is 34.4 Å². The number of aryl methyl sites for hydroxylation is 1. The molecule has 0 saturated carbocycles. The summed E-state index contributed by atoms with van der Waals surface area (Å²) in [5, 5.41) is 46.6. The van der Waals surface area contributed by atoms with Crippen LogP contribution in [-0.4, -0.2) is 45.2 Å². The number of carbonyl (C=O) groups is 1. The molecule has 0 aliphatic heterocycles. The van der Waals surface area contributed by atoms with E-state index in [0.29, 0.717) is 11.1 Å². The third kappa shape index (κ3) is 4.47. The van der Waals surface area contributed by atoms with E-state index in [4.69, 9.17) is 19.5 Å². The molecule has 8 heteroatoms. The molecule has 0 unspecified atom stereocenters. The third-order valence-electron chi connectivity index (χ3n) is 3.81. The zero-order valence-electron chi connectivity index (χ0n) is 14.0. The van der Waals surface area contributed by atoms with Crippen LogP contribution in [0.4, 0.5) is 0 Å². The fourth-order valence-electron chi connectivity index (χ4n) is 2.24. The van der Waals surface area contributed by atoms with E-state index < -0.39 is 30.9 Å². The molecule has 0 spiro atoms. The molecule has 0 amide bonds. The van der Waals surface area contributed by atoms with Crippen LogP contribution in [0.5, 0.6) is 0 Å². The highest BCUT2D eigenvalue weighted by Gasteiger charge is 2.29. The number of aliphatic hydroxyl groups is 4. The molecule has 4 N–H and O–H groups in total. The first-order valence-corrected chi connectivity index (χ1v) is 7.79. The largest absolute Gasteiger partial charge is 0.463 e. The quantitative estimate of drug-likeness (QED) is 0.524. The second kappa shape index (κ2) is 8.60. The van der Waals surface area contributed by atoms with Gasteiger partial charge in [-0.2, -0.15) is 5.26 Å². The van der Waals surface area contributed by atoms with Crippen LogP contribution in [-0.2, 0) is 11.3 Å². The lowest BCUT2D eigenvalue weighted by molar-refractivity contribution is -0.0837. The van der Waals surface area contributed by atoms with Crippen LogP contribution in [0.2, 0.25) is 0 Å². The molecule has 0 bridgehead atoms. The normalized spacial score (nSPS) is 14.3. The predicted molar refractivity (Wildman–Crippen MR) is 87.8 cm³/mol. The summed E-state index contributed by atoms with van der Waals surface area (Å²) < 4.78 is 10.4. The molecule has 26 heavy (non-hydrogen) atoms. The van der Waals surface area contributed by atoms with Crippen molar-refractivity contribution in [3.8, 4) is 6.07 Å². The Morgan fingerprint density at radius 3 is 2.50 bits per heavy atom. The van der Waals surface area contributed by atoms with Crippen LogP contribution < -0.4 is 0 Å².